The lowest BCUT2D eigenvalue weighted by atomic mass is 9.97. The Morgan fingerprint density at radius 1 is 1.25 bits per heavy atom. The van der Waals surface area contributed by atoms with Crippen molar-refractivity contribution < 1.29 is 0 Å². The molecule has 1 aliphatic carbocycles. The number of nitrogens with zero attached hydrogens (tertiary/aromatic N) is 2. The number of anilines is 1. The number of nitriles is 1. The second kappa shape index (κ2) is 5.85. The smallest absolute Gasteiger partial charge is 0.101 e. The number of hydrogen-bond acceptors (Lipinski definition) is 3. The zero-order chi connectivity index (χ0) is 13.9. The summed E-state index contributed by atoms with van der Waals surface area (Å²) in [5.74, 6) is 0.818. The van der Waals surface area contributed by atoms with E-state index in [0.29, 0.717) is 6.04 Å². The topological polar surface area (TPSA) is 39.1 Å². The lowest BCUT2D eigenvalue weighted by molar-refractivity contribution is 0.438. The number of piperidine rings is 1. The molecule has 0 unspecified atom stereocenters. The molecule has 1 aliphatic heterocycles. The molecule has 1 aromatic carbocycles. The molecular weight excluding hydrogens is 246 g/mol. The molecule has 1 N–H and O–H groups in total. The van der Waals surface area contributed by atoms with Crippen LogP contribution in [0.2, 0.25) is 0 Å². The van der Waals surface area contributed by atoms with Crippen LogP contribution in [0.1, 0.15) is 43.7 Å². The standard InChI is InChI=1S/C17H23N3/c1-13-6-8-20(9-7-13)17-5-2-14(10-15(17)11-18)12-19-16-3-4-16/h2,5,10,13,16,19H,3-4,6-9,12H2,1H3. The zero-order valence-corrected chi connectivity index (χ0v) is 12.2. The van der Waals surface area contributed by atoms with E-state index in [9.17, 15) is 5.26 Å². The Hall–Kier alpha value is -1.53. The molecule has 1 saturated heterocycles. The summed E-state index contributed by atoms with van der Waals surface area (Å²) in [6.45, 7) is 5.36. The Bertz CT molecular complexity index is 505. The van der Waals surface area contributed by atoms with Gasteiger partial charge in [0.25, 0.3) is 0 Å². The van der Waals surface area contributed by atoms with Crippen LogP contribution >= 0.6 is 0 Å². The molecule has 0 bridgehead atoms. The molecule has 0 amide bonds. The van der Waals surface area contributed by atoms with Gasteiger partial charge in [0.05, 0.1) is 11.3 Å². The van der Waals surface area contributed by atoms with Crippen molar-refractivity contribution in [1.82, 2.24) is 5.32 Å². The van der Waals surface area contributed by atoms with E-state index >= 15 is 0 Å². The Morgan fingerprint density at radius 3 is 2.65 bits per heavy atom. The molecule has 0 spiro atoms. The molecule has 1 saturated carbocycles. The fourth-order valence-electron chi connectivity index (χ4n) is 2.86. The second-order valence-corrected chi connectivity index (χ2v) is 6.29. The van der Waals surface area contributed by atoms with Crippen LogP contribution in [0.5, 0.6) is 0 Å². The maximum atomic E-state index is 9.42. The Balaban J connectivity index is 1.71. The van der Waals surface area contributed by atoms with Gasteiger partial charge in [-0.2, -0.15) is 5.26 Å². The van der Waals surface area contributed by atoms with E-state index in [-0.39, 0.29) is 0 Å². The first-order chi connectivity index (χ1) is 9.76. The van der Waals surface area contributed by atoms with Gasteiger partial charge < -0.3 is 10.2 Å². The van der Waals surface area contributed by atoms with E-state index in [1.807, 2.05) is 0 Å². The molecule has 1 aromatic rings. The van der Waals surface area contributed by atoms with Gasteiger partial charge in [-0.05, 0) is 49.3 Å². The summed E-state index contributed by atoms with van der Waals surface area (Å²) in [6.07, 6.45) is 5.07. The van der Waals surface area contributed by atoms with Crippen LogP contribution < -0.4 is 10.2 Å². The van der Waals surface area contributed by atoms with Gasteiger partial charge in [-0.25, -0.2) is 0 Å². The molecule has 20 heavy (non-hydrogen) atoms. The molecule has 0 radical (unpaired) electrons. The van der Waals surface area contributed by atoms with Gasteiger partial charge in [0.1, 0.15) is 6.07 Å². The molecule has 2 fully saturated rings. The molecule has 1 heterocycles. The molecule has 3 nitrogen and oxygen atoms in total. The van der Waals surface area contributed by atoms with E-state index in [1.165, 1.54) is 31.2 Å². The maximum Gasteiger partial charge on any atom is 0.101 e. The monoisotopic (exact) mass is 269 g/mol. The van der Waals surface area contributed by atoms with Gasteiger partial charge in [-0.15, -0.1) is 0 Å². The highest BCUT2D eigenvalue weighted by Gasteiger charge is 2.21. The minimum Gasteiger partial charge on any atom is -0.370 e. The maximum absolute atomic E-state index is 9.42. The van der Waals surface area contributed by atoms with Crippen LogP contribution in [-0.4, -0.2) is 19.1 Å². The Kier molecular flexibility index (Phi) is 3.93. The van der Waals surface area contributed by atoms with Crippen molar-refractivity contribution in [2.24, 2.45) is 5.92 Å². The van der Waals surface area contributed by atoms with Gasteiger partial charge in [-0.1, -0.05) is 13.0 Å². The van der Waals surface area contributed by atoms with Crippen molar-refractivity contribution in [1.29, 1.82) is 5.26 Å². The summed E-state index contributed by atoms with van der Waals surface area (Å²) in [7, 11) is 0. The normalized spacial score (nSPS) is 19.9. The van der Waals surface area contributed by atoms with Gasteiger partial charge in [0.15, 0.2) is 0 Å². The van der Waals surface area contributed by atoms with E-state index < -0.39 is 0 Å². The Morgan fingerprint density at radius 2 is 2.00 bits per heavy atom. The lowest BCUT2D eigenvalue weighted by Gasteiger charge is -2.32. The van der Waals surface area contributed by atoms with Gasteiger partial charge in [-0.3, -0.25) is 0 Å². The van der Waals surface area contributed by atoms with Gasteiger partial charge >= 0.3 is 0 Å². The average molecular weight is 269 g/mol. The first kappa shape index (κ1) is 13.5. The van der Waals surface area contributed by atoms with Crippen molar-refractivity contribution in [3.8, 4) is 6.07 Å². The summed E-state index contributed by atoms with van der Waals surface area (Å²) in [4.78, 5) is 2.37. The molecule has 0 aromatic heterocycles. The van der Waals surface area contributed by atoms with Crippen molar-refractivity contribution in [3.63, 3.8) is 0 Å². The lowest BCUT2D eigenvalue weighted by Crippen LogP contribution is -2.33. The highest BCUT2D eigenvalue weighted by Crippen LogP contribution is 2.27. The summed E-state index contributed by atoms with van der Waals surface area (Å²) < 4.78 is 0. The predicted molar refractivity (Wildman–Crippen MR) is 81.6 cm³/mol. The second-order valence-electron chi connectivity index (χ2n) is 6.29. The first-order valence-corrected chi connectivity index (χ1v) is 7.77. The van der Waals surface area contributed by atoms with Crippen LogP contribution in [0.4, 0.5) is 5.69 Å². The number of nitrogens with one attached hydrogen (secondary N) is 1. The van der Waals surface area contributed by atoms with Crippen molar-refractivity contribution >= 4 is 5.69 Å². The van der Waals surface area contributed by atoms with Gasteiger partial charge in [0, 0.05) is 25.7 Å². The third-order valence-corrected chi connectivity index (χ3v) is 4.48. The summed E-state index contributed by atoms with van der Waals surface area (Å²) in [5.41, 5.74) is 3.17. The Labute approximate surface area is 121 Å². The van der Waals surface area contributed by atoms with Crippen LogP contribution in [0, 0.1) is 17.2 Å². The predicted octanol–water partition coefficient (Wildman–Crippen LogP) is 3.05. The zero-order valence-electron chi connectivity index (χ0n) is 12.2. The minimum atomic E-state index is 0.712. The van der Waals surface area contributed by atoms with Crippen LogP contribution in [0.3, 0.4) is 0 Å². The average Bonchev–Trinajstić information content (AvgIpc) is 3.30. The van der Waals surface area contributed by atoms with Crippen LogP contribution in [0.15, 0.2) is 18.2 Å². The number of hydrogen-bond donors (Lipinski definition) is 1. The fraction of sp³-hybridized carbons (Fsp3) is 0.588. The molecule has 2 aliphatic rings. The summed E-state index contributed by atoms with van der Waals surface area (Å²) >= 11 is 0. The SMILES string of the molecule is CC1CCN(c2ccc(CNC3CC3)cc2C#N)CC1. The number of rotatable bonds is 4. The van der Waals surface area contributed by atoms with Gasteiger partial charge in [0.2, 0.25) is 0 Å². The van der Waals surface area contributed by atoms with Crippen molar-refractivity contribution in [2.75, 3.05) is 18.0 Å². The van der Waals surface area contributed by atoms with E-state index in [1.54, 1.807) is 0 Å². The molecule has 106 valence electrons. The van der Waals surface area contributed by atoms with E-state index in [4.69, 9.17) is 0 Å². The first-order valence-electron chi connectivity index (χ1n) is 7.77. The molecule has 3 rings (SSSR count). The summed E-state index contributed by atoms with van der Waals surface area (Å²) in [6, 6.07) is 9.46. The highest BCUT2D eigenvalue weighted by molar-refractivity contribution is 5.60. The molecular formula is C17H23N3. The minimum absolute atomic E-state index is 0.712. The van der Waals surface area contributed by atoms with Crippen LogP contribution in [-0.2, 0) is 6.54 Å². The van der Waals surface area contributed by atoms with Crippen molar-refractivity contribution in [2.45, 2.75) is 45.2 Å². The quantitative estimate of drug-likeness (QED) is 0.913. The number of benzene rings is 1. The third kappa shape index (κ3) is 3.13. The van der Waals surface area contributed by atoms with Crippen LogP contribution in [0.25, 0.3) is 0 Å². The third-order valence-electron chi connectivity index (χ3n) is 4.48. The molecule has 3 heteroatoms. The van der Waals surface area contributed by atoms with E-state index in [2.05, 4.69) is 41.4 Å². The fourth-order valence-corrected chi connectivity index (χ4v) is 2.86. The highest BCUT2D eigenvalue weighted by atomic mass is 15.1. The largest absolute Gasteiger partial charge is 0.370 e. The van der Waals surface area contributed by atoms with Crippen molar-refractivity contribution in [3.05, 3.63) is 29.3 Å². The summed E-state index contributed by atoms with van der Waals surface area (Å²) in [5, 5.41) is 12.9. The van der Waals surface area contributed by atoms with E-state index in [0.717, 1.165) is 36.8 Å². The molecule has 0 atom stereocenters.